The van der Waals surface area contributed by atoms with Crippen LogP contribution >= 0.6 is 0 Å². The molecule has 3 N–H and O–H groups in total. The maximum Gasteiger partial charge on any atom is 0.356 e. The molecule has 0 saturated carbocycles. The van der Waals surface area contributed by atoms with Crippen LogP contribution in [0.4, 0.5) is 10.1 Å². The van der Waals surface area contributed by atoms with Gasteiger partial charge in [-0.25, -0.2) is 22.3 Å². The van der Waals surface area contributed by atoms with E-state index in [-0.39, 0.29) is 51.3 Å². The molecule has 1 aromatic heterocycles. The minimum absolute atomic E-state index is 0.0807. The van der Waals surface area contributed by atoms with Crippen molar-refractivity contribution in [2.24, 2.45) is 0 Å². The average molecular weight is 668 g/mol. The minimum Gasteiger partial charge on any atom is -0.496 e. The van der Waals surface area contributed by atoms with E-state index in [2.05, 4.69) is 20.0 Å². The first-order valence-corrected chi connectivity index (χ1v) is 16.2. The van der Waals surface area contributed by atoms with E-state index in [1.54, 1.807) is 24.3 Å². The van der Waals surface area contributed by atoms with E-state index in [1.165, 1.54) is 50.4 Å². The van der Waals surface area contributed by atoms with Crippen LogP contribution in [0.1, 0.15) is 32.8 Å². The van der Waals surface area contributed by atoms with E-state index >= 15 is 0 Å². The third-order valence-corrected chi connectivity index (χ3v) is 8.90. The molecule has 3 aromatic carbocycles. The number of nitrogens with zero attached hydrogens (tertiary/aromatic N) is 3. The van der Waals surface area contributed by atoms with Crippen LogP contribution in [0.25, 0.3) is 5.69 Å². The van der Waals surface area contributed by atoms with E-state index in [9.17, 15) is 27.5 Å². The van der Waals surface area contributed by atoms with E-state index in [1.807, 2.05) is 0 Å². The van der Waals surface area contributed by atoms with Crippen molar-refractivity contribution in [2.45, 2.75) is 18.2 Å². The van der Waals surface area contributed by atoms with Crippen molar-refractivity contribution in [3.63, 3.8) is 0 Å². The van der Waals surface area contributed by atoms with Gasteiger partial charge in [0.2, 0.25) is 15.9 Å². The molecule has 15 heteroatoms. The number of aromatic nitrogens is 2. The number of morpholine rings is 1. The van der Waals surface area contributed by atoms with Gasteiger partial charge in [-0.15, -0.1) is 0 Å². The number of sulfonamides is 1. The minimum atomic E-state index is -4.26. The number of methoxy groups -OCH3 is 1. The molecule has 0 aliphatic carbocycles. The molecule has 47 heavy (non-hydrogen) atoms. The van der Waals surface area contributed by atoms with E-state index in [0.717, 1.165) is 23.8 Å². The Hall–Kier alpha value is -4.83. The molecule has 1 aliphatic heterocycles. The van der Waals surface area contributed by atoms with Gasteiger partial charge in [-0.2, -0.15) is 9.78 Å². The van der Waals surface area contributed by atoms with Crippen LogP contribution in [0, 0.1) is 12.7 Å². The molecule has 2 heterocycles. The van der Waals surface area contributed by atoms with Crippen molar-refractivity contribution in [1.29, 1.82) is 0 Å². The van der Waals surface area contributed by atoms with Crippen molar-refractivity contribution in [3.05, 3.63) is 89.4 Å². The Labute approximate surface area is 270 Å². The van der Waals surface area contributed by atoms with Gasteiger partial charge in [0.05, 0.1) is 31.6 Å². The first-order valence-electron chi connectivity index (χ1n) is 14.7. The average Bonchev–Trinajstić information content (AvgIpc) is 3.39. The molecular weight excluding hydrogens is 633 g/mol. The summed E-state index contributed by atoms with van der Waals surface area (Å²) in [5, 5.41) is 16.5. The summed E-state index contributed by atoms with van der Waals surface area (Å²) in [5.74, 6) is -2.48. The summed E-state index contributed by atoms with van der Waals surface area (Å²) < 4.78 is 62.1. The molecule has 1 aliphatic rings. The summed E-state index contributed by atoms with van der Waals surface area (Å²) >= 11 is 0. The third-order valence-electron chi connectivity index (χ3n) is 7.42. The fraction of sp³-hybridized carbons (Fsp3) is 0.281. The number of ether oxygens (including phenoxy) is 3. The number of carbonyl (C=O) groups excluding carboxylic acids is 1. The quantitative estimate of drug-likeness (QED) is 0.177. The number of hydrogen-bond donors (Lipinski definition) is 3. The molecule has 1 amide bonds. The summed E-state index contributed by atoms with van der Waals surface area (Å²) in [4.78, 5) is 26.9. The zero-order chi connectivity index (χ0) is 33.6. The predicted molar refractivity (Wildman–Crippen MR) is 170 cm³/mol. The normalized spacial score (nSPS) is 13.7. The number of carboxylic acid groups (broad SMARTS) is 1. The Bertz CT molecular complexity index is 1870. The lowest BCUT2D eigenvalue weighted by molar-refractivity contribution is 0.0376. The Kier molecular flexibility index (Phi) is 10.5. The van der Waals surface area contributed by atoms with E-state index in [4.69, 9.17) is 14.2 Å². The number of para-hydroxylation sites is 1. The lowest BCUT2D eigenvalue weighted by Gasteiger charge is -2.26. The van der Waals surface area contributed by atoms with Gasteiger partial charge in [0.25, 0.3) is 5.91 Å². The Morgan fingerprint density at radius 1 is 1.04 bits per heavy atom. The largest absolute Gasteiger partial charge is 0.496 e. The Balaban J connectivity index is 1.49. The number of halogens is 1. The summed E-state index contributed by atoms with van der Waals surface area (Å²) in [6.07, 6.45) is 0.521. The van der Waals surface area contributed by atoms with Gasteiger partial charge in [-0.1, -0.05) is 18.2 Å². The molecule has 1 fully saturated rings. The molecule has 0 atom stereocenters. The van der Waals surface area contributed by atoms with Crippen LogP contribution in [0.2, 0.25) is 0 Å². The van der Waals surface area contributed by atoms with Crippen molar-refractivity contribution in [1.82, 2.24) is 19.4 Å². The number of carbonyl (C=O) groups is 2. The van der Waals surface area contributed by atoms with Gasteiger partial charge in [-0.05, 0) is 68.4 Å². The highest BCUT2D eigenvalue weighted by atomic mass is 32.2. The molecule has 0 bridgehead atoms. The number of aromatic carboxylic acids is 1. The fourth-order valence-corrected chi connectivity index (χ4v) is 6.24. The van der Waals surface area contributed by atoms with Crippen LogP contribution in [0.5, 0.6) is 17.4 Å². The number of amides is 1. The highest BCUT2D eigenvalue weighted by molar-refractivity contribution is 7.89. The van der Waals surface area contributed by atoms with E-state index < -0.39 is 27.7 Å². The van der Waals surface area contributed by atoms with Crippen molar-refractivity contribution in [3.8, 4) is 23.1 Å². The molecular formula is C32H34FN5O8S. The monoisotopic (exact) mass is 667 g/mol. The summed E-state index contributed by atoms with van der Waals surface area (Å²) in [7, 11) is -2.83. The lowest BCUT2D eigenvalue weighted by Crippen LogP contribution is -2.38. The summed E-state index contributed by atoms with van der Waals surface area (Å²) in [6, 6.07) is 15.8. The van der Waals surface area contributed by atoms with E-state index in [0.29, 0.717) is 31.9 Å². The Morgan fingerprint density at radius 3 is 2.53 bits per heavy atom. The maximum atomic E-state index is 14.1. The van der Waals surface area contributed by atoms with Gasteiger partial charge >= 0.3 is 5.97 Å². The van der Waals surface area contributed by atoms with Crippen LogP contribution in [-0.2, 0) is 14.8 Å². The second kappa shape index (κ2) is 14.7. The maximum absolute atomic E-state index is 14.1. The lowest BCUT2D eigenvalue weighted by atomic mass is 10.2. The van der Waals surface area contributed by atoms with Gasteiger partial charge in [0.1, 0.15) is 22.2 Å². The van der Waals surface area contributed by atoms with Crippen molar-refractivity contribution >= 4 is 27.6 Å². The standard InChI is InChI=1S/C32H34FN5O8S/c1-21-29(32(40)41)36-38(24-8-5-7-22(33)19-24)31(21)46-27-12-11-23(35-30(39)25-9-3-4-10-26(25)44-2)20-28(27)47(42,43)34-13-6-14-37-15-17-45-18-16-37/h3-5,7-12,19-20,34H,6,13-18H2,1-2H3,(H,35,39)(H,40,41). The second-order valence-corrected chi connectivity index (χ2v) is 12.3. The predicted octanol–water partition coefficient (Wildman–Crippen LogP) is 4.07. The fourth-order valence-electron chi connectivity index (χ4n) is 5.01. The van der Waals surface area contributed by atoms with Crippen LogP contribution in [-0.4, -0.2) is 86.6 Å². The van der Waals surface area contributed by atoms with Gasteiger partial charge < -0.3 is 24.6 Å². The number of carboxylic acids is 1. The number of rotatable bonds is 13. The molecule has 13 nitrogen and oxygen atoms in total. The van der Waals surface area contributed by atoms with Gasteiger partial charge in [0, 0.05) is 30.9 Å². The zero-order valence-corrected chi connectivity index (χ0v) is 26.5. The van der Waals surface area contributed by atoms with Crippen LogP contribution < -0.4 is 19.5 Å². The summed E-state index contributed by atoms with van der Waals surface area (Å²) in [6.45, 7) is 4.98. The number of hydrogen-bond acceptors (Lipinski definition) is 9. The number of nitrogens with one attached hydrogen (secondary N) is 2. The highest BCUT2D eigenvalue weighted by Gasteiger charge is 2.27. The molecule has 0 radical (unpaired) electrons. The number of anilines is 1. The molecule has 0 unspecified atom stereocenters. The topological polar surface area (TPSA) is 161 Å². The molecule has 4 aromatic rings. The van der Waals surface area contributed by atoms with Crippen molar-refractivity contribution in [2.75, 3.05) is 51.8 Å². The first-order chi connectivity index (χ1) is 22.6. The first kappa shape index (κ1) is 33.5. The Morgan fingerprint density at radius 2 is 1.81 bits per heavy atom. The molecule has 5 rings (SSSR count). The van der Waals surface area contributed by atoms with Gasteiger partial charge in [0.15, 0.2) is 5.69 Å². The van der Waals surface area contributed by atoms with Gasteiger partial charge in [-0.3, -0.25) is 9.69 Å². The van der Waals surface area contributed by atoms with Crippen LogP contribution in [0.15, 0.2) is 71.6 Å². The summed E-state index contributed by atoms with van der Waals surface area (Å²) in [5.41, 5.74) is 0.245. The molecule has 1 saturated heterocycles. The molecule has 248 valence electrons. The molecule has 0 spiro atoms. The van der Waals surface area contributed by atoms with Crippen LogP contribution in [0.3, 0.4) is 0 Å². The second-order valence-electron chi connectivity index (χ2n) is 10.6. The highest BCUT2D eigenvalue weighted by Crippen LogP contribution is 2.35. The zero-order valence-electron chi connectivity index (χ0n) is 25.7. The third kappa shape index (κ3) is 7.94. The van der Waals surface area contributed by atoms with Crippen molar-refractivity contribution < 1.29 is 41.7 Å². The number of benzene rings is 3. The SMILES string of the molecule is COc1ccccc1C(=O)Nc1ccc(Oc2c(C)c(C(=O)O)nn2-c2cccc(F)c2)c(S(=O)(=O)NCCCN2CCOCC2)c1. The smallest absolute Gasteiger partial charge is 0.356 e.